The second kappa shape index (κ2) is 4.40. The minimum absolute atomic E-state index is 0.348. The molecule has 1 aliphatic heterocycles. The number of aliphatic hydroxyl groups is 1. The molecule has 1 saturated carbocycles. The Morgan fingerprint density at radius 1 is 1.31 bits per heavy atom. The summed E-state index contributed by atoms with van der Waals surface area (Å²) in [5.41, 5.74) is 0. The third-order valence-electron chi connectivity index (χ3n) is 3.06. The van der Waals surface area contributed by atoms with E-state index in [0.29, 0.717) is 24.6 Å². The van der Waals surface area contributed by atoms with E-state index in [0.717, 1.165) is 26.1 Å². The summed E-state index contributed by atoms with van der Waals surface area (Å²) in [5, 5.41) is 12.5. The second-order valence-electron chi connectivity index (χ2n) is 4.19. The topological polar surface area (TPSA) is 41.5 Å². The van der Waals surface area contributed by atoms with Crippen LogP contribution in [0.25, 0.3) is 0 Å². The van der Waals surface area contributed by atoms with Gasteiger partial charge in [-0.1, -0.05) is 0 Å². The summed E-state index contributed by atoms with van der Waals surface area (Å²) in [4.78, 5) is 0. The smallest absolute Gasteiger partial charge is 0.0480 e. The van der Waals surface area contributed by atoms with Crippen molar-refractivity contribution in [2.24, 2.45) is 5.92 Å². The number of hydrogen-bond donors (Lipinski definition) is 2. The monoisotopic (exact) mass is 185 g/mol. The van der Waals surface area contributed by atoms with Crippen LogP contribution in [0, 0.1) is 5.92 Å². The normalized spacial score (nSPS) is 39.9. The Morgan fingerprint density at radius 3 is 3.00 bits per heavy atom. The SMILES string of the molecule is OC[C@@H]1C[C@H]1NC1CCCOCC1. The highest BCUT2D eigenvalue weighted by atomic mass is 16.5. The first-order valence-corrected chi connectivity index (χ1v) is 5.35. The zero-order chi connectivity index (χ0) is 9.10. The van der Waals surface area contributed by atoms with Gasteiger partial charge in [-0.05, 0) is 31.6 Å². The van der Waals surface area contributed by atoms with Gasteiger partial charge in [0.05, 0.1) is 0 Å². The molecule has 0 amide bonds. The standard InChI is InChI=1S/C10H19NO2/c12-7-8-6-10(8)11-9-2-1-4-13-5-3-9/h8-12H,1-7H2/t8-,9?,10+/m0/s1. The minimum Gasteiger partial charge on any atom is -0.396 e. The molecule has 0 bridgehead atoms. The van der Waals surface area contributed by atoms with E-state index >= 15 is 0 Å². The van der Waals surface area contributed by atoms with Crippen molar-refractivity contribution < 1.29 is 9.84 Å². The van der Waals surface area contributed by atoms with Crippen molar-refractivity contribution in [1.29, 1.82) is 0 Å². The molecule has 0 aromatic heterocycles. The molecule has 2 aliphatic rings. The highest BCUT2D eigenvalue weighted by Crippen LogP contribution is 2.30. The fourth-order valence-corrected chi connectivity index (χ4v) is 2.03. The third-order valence-corrected chi connectivity index (χ3v) is 3.06. The van der Waals surface area contributed by atoms with Gasteiger partial charge in [0.25, 0.3) is 0 Å². The molecule has 13 heavy (non-hydrogen) atoms. The van der Waals surface area contributed by atoms with Crippen LogP contribution in [-0.4, -0.2) is 37.0 Å². The lowest BCUT2D eigenvalue weighted by Crippen LogP contribution is -2.32. The molecule has 2 fully saturated rings. The number of ether oxygens (including phenoxy) is 1. The first-order chi connectivity index (χ1) is 6.40. The predicted octanol–water partition coefficient (Wildman–Crippen LogP) is 0.526. The van der Waals surface area contributed by atoms with Crippen LogP contribution in [0.3, 0.4) is 0 Å². The Balaban J connectivity index is 1.68. The molecule has 3 nitrogen and oxygen atoms in total. The highest BCUT2D eigenvalue weighted by Gasteiger charge is 2.37. The summed E-state index contributed by atoms with van der Waals surface area (Å²) in [6.45, 7) is 2.17. The minimum atomic E-state index is 0.348. The van der Waals surface area contributed by atoms with Gasteiger partial charge in [-0.25, -0.2) is 0 Å². The Bertz CT molecular complexity index is 155. The lowest BCUT2D eigenvalue weighted by atomic mass is 10.1. The van der Waals surface area contributed by atoms with E-state index in [9.17, 15) is 0 Å². The quantitative estimate of drug-likeness (QED) is 0.674. The zero-order valence-electron chi connectivity index (χ0n) is 8.04. The van der Waals surface area contributed by atoms with E-state index in [4.69, 9.17) is 9.84 Å². The average Bonchev–Trinajstić information content (AvgIpc) is 2.90. The summed E-state index contributed by atoms with van der Waals surface area (Å²) < 4.78 is 5.39. The molecule has 2 N–H and O–H groups in total. The van der Waals surface area contributed by atoms with Crippen LogP contribution in [-0.2, 0) is 4.74 Å². The fourth-order valence-electron chi connectivity index (χ4n) is 2.03. The molecule has 3 atom stereocenters. The van der Waals surface area contributed by atoms with Crippen molar-refractivity contribution in [3.05, 3.63) is 0 Å². The molecular weight excluding hydrogens is 166 g/mol. The van der Waals surface area contributed by atoms with Gasteiger partial charge in [-0.15, -0.1) is 0 Å². The van der Waals surface area contributed by atoms with Crippen LogP contribution in [0.4, 0.5) is 0 Å². The van der Waals surface area contributed by atoms with Crippen LogP contribution >= 0.6 is 0 Å². The van der Waals surface area contributed by atoms with Gasteiger partial charge in [0.1, 0.15) is 0 Å². The maximum atomic E-state index is 8.90. The van der Waals surface area contributed by atoms with Crippen molar-refractivity contribution in [2.45, 2.75) is 37.8 Å². The van der Waals surface area contributed by atoms with Crippen molar-refractivity contribution in [3.63, 3.8) is 0 Å². The Morgan fingerprint density at radius 2 is 2.23 bits per heavy atom. The molecule has 1 saturated heterocycles. The molecule has 2 rings (SSSR count). The van der Waals surface area contributed by atoms with Crippen molar-refractivity contribution >= 4 is 0 Å². The molecule has 3 heteroatoms. The number of rotatable bonds is 3. The lowest BCUT2D eigenvalue weighted by Gasteiger charge is -2.15. The molecule has 1 unspecified atom stereocenters. The van der Waals surface area contributed by atoms with E-state index in [-0.39, 0.29) is 0 Å². The summed E-state index contributed by atoms with van der Waals surface area (Å²) in [7, 11) is 0. The summed E-state index contributed by atoms with van der Waals surface area (Å²) in [5.74, 6) is 0.532. The van der Waals surface area contributed by atoms with Crippen molar-refractivity contribution in [3.8, 4) is 0 Å². The van der Waals surface area contributed by atoms with Crippen molar-refractivity contribution in [1.82, 2.24) is 5.32 Å². The van der Waals surface area contributed by atoms with Gasteiger partial charge >= 0.3 is 0 Å². The predicted molar refractivity (Wildman–Crippen MR) is 50.6 cm³/mol. The summed E-state index contributed by atoms with van der Waals surface area (Å²) in [6.07, 6.45) is 4.70. The van der Waals surface area contributed by atoms with Crippen LogP contribution in [0.2, 0.25) is 0 Å². The Hall–Kier alpha value is -0.120. The molecule has 1 aliphatic carbocycles. The number of nitrogens with one attached hydrogen (secondary N) is 1. The maximum absolute atomic E-state index is 8.90. The Labute approximate surface area is 79.5 Å². The highest BCUT2D eigenvalue weighted by molar-refractivity contribution is 4.94. The average molecular weight is 185 g/mol. The van der Waals surface area contributed by atoms with Crippen LogP contribution < -0.4 is 5.32 Å². The first kappa shape index (κ1) is 9.44. The number of aliphatic hydroxyl groups excluding tert-OH is 1. The van der Waals surface area contributed by atoms with Crippen LogP contribution in [0.15, 0.2) is 0 Å². The second-order valence-corrected chi connectivity index (χ2v) is 4.19. The summed E-state index contributed by atoms with van der Waals surface area (Å²) in [6, 6.07) is 1.22. The third kappa shape index (κ3) is 2.66. The van der Waals surface area contributed by atoms with Crippen LogP contribution in [0.5, 0.6) is 0 Å². The van der Waals surface area contributed by atoms with Gasteiger partial charge in [-0.3, -0.25) is 0 Å². The van der Waals surface area contributed by atoms with Crippen molar-refractivity contribution in [2.75, 3.05) is 19.8 Å². The van der Waals surface area contributed by atoms with E-state index < -0.39 is 0 Å². The van der Waals surface area contributed by atoms with Gasteiger partial charge in [-0.2, -0.15) is 0 Å². The van der Waals surface area contributed by atoms with E-state index in [1.807, 2.05) is 0 Å². The van der Waals surface area contributed by atoms with E-state index in [2.05, 4.69) is 5.32 Å². The molecule has 0 aromatic rings. The van der Waals surface area contributed by atoms with Gasteiger partial charge in [0.15, 0.2) is 0 Å². The number of hydrogen-bond acceptors (Lipinski definition) is 3. The van der Waals surface area contributed by atoms with E-state index in [1.165, 1.54) is 12.8 Å². The summed E-state index contributed by atoms with van der Waals surface area (Å²) >= 11 is 0. The maximum Gasteiger partial charge on any atom is 0.0480 e. The Kier molecular flexibility index (Phi) is 3.19. The first-order valence-electron chi connectivity index (χ1n) is 5.35. The molecule has 76 valence electrons. The molecule has 0 aromatic carbocycles. The molecule has 1 heterocycles. The van der Waals surface area contributed by atoms with E-state index in [1.54, 1.807) is 0 Å². The van der Waals surface area contributed by atoms with Gasteiger partial charge in [0.2, 0.25) is 0 Å². The zero-order valence-corrected chi connectivity index (χ0v) is 8.04. The van der Waals surface area contributed by atoms with Gasteiger partial charge < -0.3 is 15.2 Å². The lowest BCUT2D eigenvalue weighted by molar-refractivity contribution is 0.142. The largest absolute Gasteiger partial charge is 0.396 e. The molecule has 0 radical (unpaired) electrons. The fraction of sp³-hybridized carbons (Fsp3) is 1.00. The molecule has 0 spiro atoms. The van der Waals surface area contributed by atoms with Gasteiger partial charge in [0, 0.05) is 31.9 Å². The molecular formula is C10H19NO2. The van der Waals surface area contributed by atoms with Crippen LogP contribution in [0.1, 0.15) is 25.7 Å².